The predicted molar refractivity (Wildman–Crippen MR) is 60.2 cm³/mol. The summed E-state index contributed by atoms with van der Waals surface area (Å²) in [7, 11) is 1.93. The maximum absolute atomic E-state index is 6.04. The average molecular weight is 229 g/mol. The van der Waals surface area contributed by atoms with Crippen LogP contribution in [0.4, 0.5) is 0 Å². The van der Waals surface area contributed by atoms with Gasteiger partial charge in [-0.1, -0.05) is 0 Å². The number of rotatable bonds is 3. The first kappa shape index (κ1) is 11.0. The summed E-state index contributed by atoms with van der Waals surface area (Å²) < 4.78 is 7.68. The van der Waals surface area contributed by atoms with Crippen molar-refractivity contribution in [3.05, 3.63) is 18.0 Å². The highest BCUT2D eigenvalue weighted by Gasteiger charge is 2.32. The third-order valence-electron chi connectivity index (χ3n) is 2.96. The van der Waals surface area contributed by atoms with Crippen LogP contribution in [0.3, 0.4) is 0 Å². The van der Waals surface area contributed by atoms with Crippen molar-refractivity contribution < 1.29 is 4.74 Å². The molecule has 0 radical (unpaired) electrons. The van der Waals surface area contributed by atoms with E-state index in [1.165, 1.54) is 12.0 Å². The van der Waals surface area contributed by atoms with Gasteiger partial charge < -0.3 is 4.74 Å². The average Bonchev–Trinajstić information content (AvgIpc) is 2.65. The molecule has 2 rings (SSSR count). The van der Waals surface area contributed by atoms with Crippen LogP contribution in [0.2, 0.25) is 0 Å². The number of aromatic nitrogens is 2. The number of halogens is 1. The molecule has 2 heterocycles. The van der Waals surface area contributed by atoms with Crippen LogP contribution in [0.1, 0.15) is 24.8 Å². The molecule has 0 saturated carbocycles. The molecule has 1 aromatic heterocycles. The Morgan fingerprint density at radius 1 is 1.60 bits per heavy atom. The Kier molecular flexibility index (Phi) is 3.32. The van der Waals surface area contributed by atoms with Gasteiger partial charge in [0, 0.05) is 26.3 Å². The van der Waals surface area contributed by atoms with Crippen LogP contribution >= 0.6 is 11.6 Å². The Balaban J connectivity index is 2.06. The second-order valence-electron chi connectivity index (χ2n) is 4.32. The third kappa shape index (κ3) is 2.52. The third-order valence-corrected chi connectivity index (χ3v) is 3.45. The van der Waals surface area contributed by atoms with Crippen LogP contribution in [-0.2, 0) is 18.2 Å². The van der Waals surface area contributed by atoms with Crippen LogP contribution in [0, 0.1) is 0 Å². The van der Waals surface area contributed by atoms with E-state index in [9.17, 15) is 0 Å². The summed E-state index contributed by atoms with van der Waals surface area (Å²) in [6.07, 6.45) is 8.24. The van der Waals surface area contributed by atoms with Gasteiger partial charge in [0.05, 0.1) is 17.7 Å². The molecule has 4 heteroatoms. The molecule has 15 heavy (non-hydrogen) atoms. The maximum atomic E-state index is 6.04. The first-order chi connectivity index (χ1) is 7.24. The van der Waals surface area contributed by atoms with Crippen molar-refractivity contribution in [1.29, 1.82) is 0 Å². The van der Waals surface area contributed by atoms with E-state index in [-0.39, 0.29) is 5.60 Å². The second-order valence-corrected chi connectivity index (χ2v) is 4.59. The van der Waals surface area contributed by atoms with Crippen molar-refractivity contribution in [3.63, 3.8) is 0 Å². The molecule has 0 aliphatic carbocycles. The second kappa shape index (κ2) is 4.54. The van der Waals surface area contributed by atoms with Gasteiger partial charge in [-0.25, -0.2) is 0 Å². The summed E-state index contributed by atoms with van der Waals surface area (Å²) in [5.74, 6) is 0.571. The molecule has 1 saturated heterocycles. The minimum Gasteiger partial charge on any atom is -0.373 e. The van der Waals surface area contributed by atoms with E-state index in [1.807, 2.05) is 24.1 Å². The lowest BCUT2D eigenvalue weighted by atomic mass is 9.90. The molecule has 1 aliphatic heterocycles. The Labute approximate surface area is 95.4 Å². The van der Waals surface area contributed by atoms with Crippen LogP contribution in [0.15, 0.2) is 12.4 Å². The van der Waals surface area contributed by atoms with E-state index >= 15 is 0 Å². The fraction of sp³-hybridized carbons (Fsp3) is 0.727. The molecule has 1 aliphatic rings. The smallest absolute Gasteiger partial charge is 0.0858 e. The van der Waals surface area contributed by atoms with Crippen LogP contribution in [0.25, 0.3) is 0 Å². The minimum atomic E-state index is -0.150. The van der Waals surface area contributed by atoms with Gasteiger partial charge in [0.2, 0.25) is 0 Å². The van der Waals surface area contributed by atoms with Crippen molar-refractivity contribution in [2.45, 2.75) is 31.3 Å². The van der Waals surface area contributed by atoms with E-state index in [0.717, 1.165) is 25.9 Å². The fourth-order valence-corrected chi connectivity index (χ4v) is 2.44. The lowest BCUT2D eigenvalue weighted by molar-refractivity contribution is -0.0615. The van der Waals surface area contributed by atoms with Gasteiger partial charge in [-0.15, -0.1) is 11.6 Å². The fourth-order valence-electron chi connectivity index (χ4n) is 2.14. The number of hydrogen-bond acceptors (Lipinski definition) is 2. The summed E-state index contributed by atoms with van der Waals surface area (Å²) in [4.78, 5) is 0. The molecule has 3 nitrogen and oxygen atoms in total. The molecule has 84 valence electrons. The normalized spacial score (nSPS) is 26.8. The minimum absolute atomic E-state index is 0.150. The zero-order chi connectivity index (χ0) is 10.7. The van der Waals surface area contributed by atoms with Crippen molar-refractivity contribution >= 4 is 11.6 Å². The quantitative estimate of drug-likeness (QED) is 0.742. The van der Waals surface area contributed by atoms with Gasteiger partial charge in [0.25, 0.3) is 0 Å². The Morgan fingerprint density at radius 3 is 3.00 bits per heavy atom. The van der Waals surface area contributed by atoms with Gasteiger partial charge in [-0.3, -0.25) is 4.68 Å². The summed E-state index contributed by atoms with van der Waals surface area (Å²) in [5, 5.41) is 4.17. The molecule has 1 aromatic rings. The summed E-state index contributed by atoms with van der Waals surface area (Å²) >= 11 is 6.04. The Morgan fingerprint density at radius 2 is 2.47 bits per heavy atom. The molecule has 1 unspecified atom stereocenters. The molecular formula is C11H17ClN2O. The first-order valence-corrected chi connectivity index (χ1v) is 5.95. The van der Waals surface area contributed by atoms with Crippen LogP contribution in [0.5, 0.6) is 0 Å². The highest BCUT2D eigenvalue weighted by molar-refractivity contribution is 6.18. The van der Waals surface area contributed by atoms with Crippen LogP contribution < -0.4 is 0 Å². The van der Waals surface area contributed by atoms with Crippen molar-refractivity contribution in [3.8, 4) is 0 Å². The molecule has 1 atom stereocenters. The highest BCUT2D eigenvalue weighted by atomic mass is 35.5. The molecule has 0 aromatic carbocycles. The van der Waals surface area contributed by atoms with Gasteiger partial charge in [0.1, 0.15) is 0 Å². The highest BCUT2D eigenvalue weighted by Crippen LogP contribution is 2.29. The molecule has 0 amide bonds. The van der Waals surface area contributed by atoms with E-state index in [0.29, 0.717) is 5.88 Å². The first-order valence-electron chi connectivity index (χ1n) is 5.42. The topological polar surface area (TPSA) is 27.1 Å². The maximum Gasteiger partial charge on any atom is 0.0858 e. The predicted octanol–water partition coefficient (Wildman–Crippen LogP) is 2.14. The standard InChI is InChI=1S/C11H17ClN2O/c1-14-8-10(7-13-14)6-11(9-12)4-2-3-5-15-11/h7-8H,2-6,9H2,1H3. The molecule has 0 N–H and O–H groups in total. The number of aryl methyl sites for hydroxylation is 1. The molecule has 0 spiro atoms. The van der Waals surface area contributed by atoms with Crippen molar-refractivity contribution in [2.24, 2.45) is 7.05 Å². The molecular weight excluding hydrogens is 212 g/mol. The number of ether oxygens (including phenoxy) is 1. The number of nitrogens with zero attached hydrogens (tertiary/aromatic N) is 2. The van der Waals surface area contributed by atoms with Crippen LogP contribution in [-0.4, -0.2) is 27.9 Å². The Bertz CT molecular complexity index is 318. The van der Waals surface area contributed by atoms with E-state index in [2.05, 4.69) is 5.10 Å². The number of hydrogen-bond donors (Lipinski definition) is 0. The zero-order valence-corrected chi connectivity index (χ0v) is 9.83. The Hall–Kier alpha value is -0.540. The monoisotopic (exact) mass is 228 g/mol. The lowest BCUT2D eigenvalue weighted by Crippen LogP contribution is -2.40. The van der Waals surface area contributed by atoms with E-state index in [4.69, 9.17) is 16.3 Å². The van der Waals surface area contributed by atoms with Gasteiger partial charge in [0.15, 0.2) is 0 Å². The SMILES string of the molecule is Cn1cc(CC2(CCl)CCCCO2)cn1. The van der Waals surface area contributed by atoms with Crippen molar-refractivity contribution in [2.75, 3.05) is 12.5 Å². The number of alkyl halides is 1. The zero-order valence-electron chi connectivity index (χ0n) is 9.08. The summed E-state index contributed by atoms with van der Waals surface area (Å²) in [6.45, 7) is 0.840. The van der Waals surface area contributed by atoms with E-state index < -0.39 is 0 Å². The van der Waals surface area contributed by atoms with Gasteiger partial charge in [-0.2, -0.15) is 5.10 Å². The van der Waals surface area contributed by atoms with Crippen molar-refractivity contribution in [1.82, 2.24) is 9.78 Å². The molecule has 1 fully saturated rings. The summed E-state index contributed by atoms with van der Waals surface area (Å²) in [6, 6.07) is 0. The molecule has 0 bridgehead atoms. The largest absolute Gasteiger partial charge is 0.373 e. The summed E-state index contributed by atoms with van der Waals surface area (Å²) in [5.41, 5.74) is 1.06. The van der Waals surface area contributed by atoms with Gasteiger partial charge in [-0.05, 0) is 24.8 Å². The lowest BCUT2D eigenvalue weighted by Gasteiger charge is -2.35. The van der Waals surface area contributed by atoms with E-state index in [1.54, 1.807) is 0 Å². The van der Waals surface area contributed by atoms with Gasteiger partial charge >= 0.3 is 0 Å².